The third kappa shape index (κ3) is 1.67. The summed E-state index contributed by atoms with van der Waals surface area (Å²) >= 11 is 0. The lowest BCUT2D eigenvalue weighted by Crippen LogP contribution is -2.70. The molecule has 1 heterocycles. The molecule has 13 heavy (non-hydrogen) atoms. The van der Waals surface area contributed by atoms with Gasteiger partial charge >= 0.3 is 0 Å². The molecule has 1 fully saturated rings. The molecular formula is C6H14N2O5. The Morgan fingerprint density at radius 2 is 2.08 bits per heavy atom. The van der Waals surface area contributed by atoms with Gasteiger partial charge in [-0.3, -0.25) is 5.84 Å². The van der Waals surface area contributed by atoms with Crippen LogP contribution in [0.1, 0.15) is 0 Å². The molecule has 0 aliphatic carbocycles. The van der Waals surface area contributed by atoms with Crippen LogP contribution in [0, 0.1) is 0 Å². The smallest absolute Gasteiger partial charge is 0.183 e. The van der Waals surface area contributed by atoms with Crippen LogP contribution in [0.15, 0.2) is 0 Å². The summed E-state index contributed by atoms with van der Waals surface area (Å²) in [5.41, 5.74) is 0.476. The molecule has 7 heteroatoms. The van der Waals surface area contributed by atoms with Crippen molar-refractivity contribution >= 4 is 0 Å². The van der Waals surface area contributed by atoms with Gasteiger partial charge < -0.3 is 25.2 Å². The van der Waals surface area contributed by atoms with Crippen LogP contribution in [-0.4, -0.2) is 57.7 Å². The van der Waals surface area contributed by atoms with Gasteiger partial charge in [-0.15, -0.1) is 0 Å². The predicted molar refractivity (Wildman–Crippen MR) is 41.1 cm³/mol. The van der Waals surface area contributed by atoms with Crippen molar-refractivity contribution in [2.45, 2.75) is 24.0 Å². The third-order valence-corrected chi connectivity index (χ3v) is 2.19. The first-order valence-electron chi connectivity index (χ1n) is 3.84. The first-order valence-corrected chi connectivity index (χ1v) is 3.84. The lowest BCUT2D eigenvalue weighted by molar-refractivity contribution is -0.259. The second-order valence-electron chi connectivity index (χ2n) is 3.01. The summed E-state index contributed by atoms with van der Waals surface area (Å²) in [5, 5.41) is 36.7. The fourth-order valence-electron chi connectivity index (χ4n) is 1.22. The summed E-state index contributed by atoms with van der Waals surface area (Å²) < 4.78 is 4.91. The summed E-state index contributed by atoms with van der Waals surface area (Å²) in [6, 6.07) is 0. The highest BCUT2D eigenvalue weighted by Gasteiger charge is 2.48. The number of nitrogens with one attached hydrogen (secondary N) is 1. The van der Waals surface area contributed by atoms with Gasteiger partial charge in [0.15, 0.2) is 5.72 Å². The molecule has 4 atom stereocenters. The van der Waals surface area contributed by atoms with Gasteiger partial charge in [0.25, 0.3) is 0 Å². The Balaban J connectivity index is 2.77. The molecule has 7 nitrogen and oxygen atoms in total. The molecule has 1 saturated heterocycles. The molecule has 1 unspecified atom stereocenters. The molecule has 0 spiro atoms. The maximum atomic E-state index is 9.42. The van der Waals surface area contributed by atoms with E-state index in [1.165, 1.54) is 0 Å². The van der Waals surface area contributed by atoms with Gasteiger partial charge in [0.2, 0.25) is 0 Å². The van der Waals surface area contributed by atoms with Crippen LogP contribution < -0.4 is 11.3 Å². The molecule has 0 amide bonds. The molecule has 1 aliphatic heterocycles. The Hall–Kier alpha value is -0.280. The Labute approximate surface area is 74.7 Å². The minimum atomic E-state index is -1.60. The highest BCUT2D eigenvalue weighted by atomic mass is 16.6. The SMILES string of the molecule is NNC1(CO)OC[C@@H](O)[C@H](O)[C@@H]1O. The monoisotopic (exact) mass is 194 g/mol. The van der Waals surface area contributed by atoms with Crippen molar-refractivity contribution in [3.05, 3.63) is 0 Å². The summed E-state index contributed by atoms with van der Waals surface area (Å²) in [4.78, 5) is 0. The van der Waals surface area contributed by atoms with Crippen molar-refractivity contribution < 1.29 is 25.2 Å². The normalized spacial score (nSPS) is 46.4. The fourth-order valence-corrected chi connectivity index (χ4v) is 1.22. The number of nitrogens with two attached hydrogens (primary N) is 1. The topological polar surface area (TPSA) is 128 Å². The van der Waals surface area contributed by atoms with Crippen LogP contribution in [-0.2, 0) is 4.74 Å². The summed E-state index contributed by atoms with van der Waals surface area (Å²) in [6.07, 6.45) is -4.05. The molecule has 0 radical (unpaired) electrons. The summed E-state index contributed by atoms with van der Waals surface area (Å²) in [6.45, 7) is -0.808. The number of aliphatic hydroxyl groups excluding tert-OH is 4. The Bertz CT molecular complexity index is 174. The van der Waals surface area contributed by atoms with Gasteiger partial charge in [0, 0.05) is 0 Å². The second-order valence-corrected chi connectivity index (χ2v) is 3.01. The summed E-state index contributed by atoms with van der Waals surface area (Å²) in [5.74, 6) is 5.06. The zero-order valence-corrected chi connectivity index (χ0v) is 6.92. The van der Waals surface area contributed by atoms with E-state index in [0.717, 1.165) is 0 Å². The van der Waals surface area contributed by atoms with Gasteiger partial charge in [-0.1, -0.05) is 0 Å². The second kappa shape index (κ2) is 3.84. The molecule has 78 valence electrons. The van der Waals surface area contributed by atoms with Crippen LogP contribution in [0.25, 0.3) is 0 Å². The Morgan fingerprint density at radius 3 is 2.54 bits per heavy atom. The van der Waals surface area contributed by atoms with Crippen LogP contribution >= 0.6 is 0 Å². The zero-order valence-electron chi connectivity index (χ0n) is 6.92. The van der Waals surface area contributed by atoms with Crippen LogP contribution in [0.2, 0.25) is 0 Å². The standard InChI is InChI=1S/C6H14N2O5/c7-8-6(2-9)5(12)4(11)3(10)1-13-6/h3-5,8-12H,1-2,7H2/t3-,4+,5+,6?/m1/s1. The Kier molecular flexibility index (Phi) is 3.19. The van der Waals surface area contributed by atoms with Gasteiger partial charge in [-0.25, -0.2) is 5.43 Å². The van der Waals surface area contributed by atoms with E-state index in [-0.39, 0.29) is 6.61 Å². The minimum Gasteiger partial charge on any atom is -0.392 e. The minimum absolute atomic E-state index is 0.205. The largest absolute Gasteiger partial charge is 0.392 e. The van der Waals surface area contributed by atoms with E-state index in [1.807, 2.05) is 0 Å². The van der Waals surface area contributed by atoms with Crippen LogP contribution in [0.3, 0.4) is 0 Å². The van der Waals surface area contributed by atoms with Crippen LogP contribution in [0.5, 0.6) is 0 Å². The molecule has 0 aromatic rings. The molecule has 0 bridgehead atoms. The van der Waals surface area contributed by atoms with Crippen molar-refractivity contribution in [2.24, 2.45) is 5.84 Å². The fraction of sp³-hybridized carbons (Fsp3) is 1.00. The molecular weight excluding hydrogens is 180 g/mol. The van der Waals surface area contributed by atoms with Crippen molar-refractivity contribution in [3.8, 4) is 0 Å². The van der Waals surface area contributed by atoms with Crippen molar-refractivity contribution in [1.82, 2.24) is 5.43 Å². The highest BCUT2D eigenvalue weighted by molar-refractivity contribution is 4.95. The lowest BCUT2D eigenvalue weighted by atomic mass is 9.95. The van der Waals surface area contributed by atoms with Crippen molar-refractivity contribution in [1.29, 1.82) is 0 Å². The molecule has 0 saturated carbocycles. The quantitative estimate of drug-likeness (QED) is 0.197. The van der Waals surface area contributed by atoms with Gasteiger partial charge in [-0.05, 0) is 0 Å². The van der Waals surface area contributed by atoms with Gasteiger partial charge in [-0.2, -0.15) is 0 Å². The van der Waals surface area contributed by atoms with Crippen LogP contribution in [0.4, 0.5) is 0 Å². The maximum Gasteiger partial charge on any atom is 0.183 e. The maximum absolute atomic E-state index is 9.42. The number of rotatable bonds is 2. The van der Waals surface area contributed by atoms with E-state index in [2.05, 4.69) is 5.43 Å². The van der Waals surface area contributed by atoms with E-state index >= 15 is 0 Å². The third-order valence-electron chi connectivity index (χ3n) is 2.19. The van der Waals surface area contributed by atoms with E-state index < -0.39 is 30.6 Å². The average molecular weight is 194 g/mol. The number of hydrazine groups is 1. The Morgan fingerprint density at radius 1 is 1.46 bits per heavy atom. The number of hydrogen-bond acceptors (Lipinski definition) is 7. The molecule has 7 N–H and O–H groups in total. The summed E-state index contributed by atoms with van der Waals surface area (Å²) in [7, 11) is 0. The molecule has 0 aromatic carbocycles. The molecule has 1 aliphatic rings. The van der Waals surface area contributed by atoms with E-state index in [1.54, 1.807) is 0 Å². The van der Waals surface area contributed by atoms with E-state index in [9.17, 15) is 10.2 Å². The molecule has 1 rings (SSSR count). The van der Waals surface area contributed by atoms with E-state index in [4.69, 9.17) is 20.8 Å². The van der Waals surface area contributed by atoms with Crippen molar-refractivity contribution in [3.63, 3.8) is 0 Å². The predicted octanol–water partition coefficient (Wildman–Crippen LogP) is -3.75. The number of aliphatic hydroxyl groups is 4. The van der Waals surface area contributed by atoms with E-state index in [0.29, 0.717) is 0 Å². The zero-order chi connectivity index (χ0) is 10.1. The average Bonchev–Trinajstić information content (AvgIpc) is 2.16. The molecule has 0 aromatic heterocycles. The first kappa shape index (κ1) is 10.8. The number of hydrogen-bond donors (Lipinski definition) is 6. The van der Waals surface area contributed by atoms with Gasteiger partial charge in [0.1, 0.15) is 18.3 Å². The van der Waals surface area contributed by atoms with Gasteiger partial charge in [0.05, 0.1) is 13.2 Å². The number of ether oxygens (including phenoxy) is 1. The first-order chi connectivity index (χ1) is 6.07. The lowest BCUT2D eigenvalue weighted by Gasteiger charge is -2.43. The highest BCUT2D eigenvalue weighted by Crippen LogP contribution is 2.22. The van der Waals surface area contributed by atoms with Crippen molar-refractivity contribution in [2.75, 3.05) is 13.2 Å².